The van der Waals surface area contributed by atoms with Crippen LogP contribution in [-0.4, -0.2) is 57.2 Å². The number of carbonyl (C=O) groups is 2. The van der Waals surface area contributed by atoms with E-state index in [4.69, 9.17) is 9.84 Å². The van der Waals surface area contributed by atoms with E-state index in [0.29, 0.717) is 34.8 Å². The summed E-state index contributed by atoms with van der Waals surface area (Å²) in [6, 6.07) is 6.13. The first kappa shape index (κ1) is 23.3. The van der Waals surface area contributed by atoms with Crippen LogP contribution in [0.1, 0.15) is 54.4 Å². The minimum Gasteiger partial charge on any atom is -0.493 e. The molecule has 2 fully saturated rings. The highest BCUT2D eigenvalue weighted by atomic mass is 16.5. The number of aromatic amines is 1. The zero-order chi connectivity index (χ0) is 24.4. The molecule has 2 amide bonds. The van der Waals surface area contributed by atoms with Gasteiger partial charge in [0.25, 0.3) is 5.91 Å². The summed E-state index contributed by atoms with van der Waals surface area (Å²) < 4.78 is 6.12. The maximum Gasteiger partial charge on any atom is 0.255 e. The van der Waals surface area contributed by atoms with E-state index in [1.807, 2.05) is 19.1 Å². The van der Waals surface area contributed by atoms with Crippen LogP contribution >= 0.6 is 0 Å². The van der Waals surface area contributed by atoms with Gasteiger partial charge in [-0.25, -0.2) is 9.97 Å². The van der Waals surface area contributed by atoms with Crippen LogP contribution in [0, 0.1) is 12.8 Å². The smallest absolute Gasteiger partial charge is 0.255 e. The van der Waals surface area contributed by atoms with Crippen molar-refractivity contribution in [1.82, 2.24) is 25.6 Å². The minimum absolute atomic E-state index is 0.0234. The number of amides is 2. The highest BCUT2D eigenvalue weighted by Crippen LogP contribution is 2.36. The number of rotatable bonds is 8. The number of ether oxygens (including phenoxy) is 1. The lowest BCUT2D eigenvalue weighted by Gasteiger charge is -2.29. The summed E-state index contributed by atoms with van der Waals surface area (Å²) in [5, 5.41) is 14.8. The highest BCUT2D eigenvalue weighted by molar-refractivity contribution is 6.08. The SMILES string of the molecule is Cc1ccc(OCC2CC2)c(-c2ncnc3c(C(=O)NC4CCC(NC(=O)CO)CC4)c[nH]c23)c1. The summed E-state index contributed by atoms with van der Waals surface area (Å²) in [5.41, 5.74) is 4.45. The third-order valence-corrected chi connectivity index (χ3v) is 6.84. The van der Waals surface area contributed by atoms with Crippen molar-refractivity contribution in [2.24, 2.45) is 5.92 Å². The summed E-state index contributed by atoms with van der Waals surface area (Å²) in [5.74, 6) is 0.879. The molecule has 2 aliphatic rings. The van der Waals surface area contributed by atoms with Gasteiger partial charge in [0.1, 0.15) is 29.9 Å². The highest BCUT2D eigenvalue weighted by Gasteiger charge is 2.26. The van der Waals surface area contributed by atoms with Crippen LogP contribution in [0.25, 0.3) is 22.3 Å². The lowest BCUT2D eigenvalue weighted by Crippen LogP contribution is -2.44. The molecule has 2 heterocycles. The minimum atomic E-state index is -0.502. The maximum atomic E-state index is 13.1. The van der Waals surface area contributed by atoms with Crippen molar-refractivity contribution in [2.75, 3.05) is 13.2 Å². The van der Waals surface area contributed by atoms with Crippen molar-refractivity contribution in [2.45, 2.75) is 57.5 Å². The molecule has 5 rings (SSSR count). The fraction of sp³-hybridized carbons (Fsp3) is 0.462. The topological polar surface area (TPSA) is 129 Å². The molecule has 35 heavy (non-hydrogen) atoms. The third kappa shape index (κ3) is 5.30. The summed E-state index contributed by atoms with van der Waals surface area (Å²) in [7, 11) is 0. The first-order valence-corrected chi connectivity index (χ1v) is 12.3. The molecule has 2 aromatic heterocycles. The number of carbonyl (C=O) groups excluding carboxylic acids is 2. The van der Waals surface area contributed by atoms with E-state index in [1.54, 1.807) is 6.20 Å². The predicted molar refractivity (Wildman–Crippen MR) is 131 cm³/mol. The van der Waals surface area contributed by atoms with Crippen LogP contribution in [0.3, 0.4) is 0 Å². The molecule has 2 aliphatic carbocycles. The van der Waals surface area contributed by atoms with Crippen molar-refractivity contribution in [3.05, 3.63) is 41.9 Å². The van der Waals surface area contributed by atoms with Crippen LogP contribution in [0.4, 0.5) is 0 Å². The Hall–Kier alpha value is -3.46. The number of fused-ring (bicyclic) bond motifs is 1. The van der Waals surface area contributed by atoms with Crippen LogP contribution in [-0.2, 0) is 4.79 Å². The number of aliphatic hydroxyl groups excluding tert-OH is 1. The second-order valence-corrected chi connectivity index (χ2v) is 9.65. The van der Waals surface area contributed by atoms with Gasteiger partial charge in [0.2, 0.25) is 5.91 Å². The largest absolute Gasteiger partial charge is 0.493 e. The van der Waals surface area contributed by atoms with Gasteiger partial charge in [-0.15, -0.1) is 0 Å². The Bertz CT molecular complexity index is 1230. The van der Waals surface area contributed by atoms with Crippen LogP contribution in [0.2, 0.25) is 0 Å². The lowest BCUT2D eigenvalue weighted by molar-refractivity contribution is -0.124. The van der Waals surface area contributed by atoms with E-state index in [2.05, 4.69) is 31.7 Å². The van der Waals surface area contributed by atoms with E-state index < -0.39 is 6.61 Å². The van der Waals surface area contributed by atoms with Crippen LogP contribution in [0.15, 0.2) is 30.7 Å². The number of benzene rings is 1. The average Bonchev–Trinajstić information content (AvgIpc) is 3.59. The van der Waals surface area contributed by atoms with Crippen molar-refractivity contribution in [1.29, 1.82) is 0 Å². The number of hydrogen-bond donors (Lipinski definition) is 4. The number of hydrogen-bond acceptors (Lipinski definition) is 6. The van der Waals surface area contributed by atoms with Gasteiger partial charge in [0, 0.05) is 23.8 Å². The van der Waals surface area contributed by atoms with Crippen molar-refractivity contribution in [3.8, 4) is 17.0 Å². The Labute approximate surface area is 203 Å². The monoisotopic (exact) mass is 477 g/mol. The molecule has 0 radical (unpaired) electrons. The number of aliphatic hydroxyl groups is 1. The molecule has 9 nitrogen and oxygen atoms in total. The molecule has 0 unspecified atom stereocenters. The molecular formula is C26H31N5O4. The maximum absolute atomic E-state index is 13.1. The van der Waals surface area contributed by atoms with E-state index >= 15 is 0 Å². The van der Waals surface area contributed by atoms with E-state index in [0.717, 1.165) is 42.6 Å². The summed E-state index contributed by atoms with van der Waals surface area (Å²) >= 11 is 0. The van der Waals surface area contributed by atoms with Gasteiger partial charge in [0.15, 0.2) is 0 Å². The molecule has 2 saturated carbocycles. The molecular weight excluding hydrogens is 446 g/mol. The fourth-order valence-electron chi connectivity index (χ4n) is 4.68. The lowest BCUT2D eigenvalue weighted by atomic mass is 9.91. The molecule has 0 bridgehead atoms. The number of nitrogens with one attached hydrogen (secondary N) is 3. The Kier molecular flexibility index (Phi) is 6.68. The van der Waals surface area contributed by atoms with Gasteiger partial charge < -0.3 is 25.5 Å². The summed E-state index contributed by atoms with van der Waals surface area (Å²) in [4.78, 5) is 36.7. The molecule has 4 N–H and O–H groups in total. The molecule has 9 heteroatoms. The Morgan fingerprint density at radius 3 is 2.54 bits per heavy atom. The fourth-order valence-corrected chi connectivity index (χ4v) is 4.68. The zero-order valence-corrected chi connectivity index (χ0v) is 19.8. The van der Waals surface area contributed by atoms with Crippen molar-refractivity contribution in [3.63, 3.8) is 0 Å². The van der Waals surface area contributed by atoms with Gasteiger partial charge in [-0.2, -0.15) is 0 Å². The predicted octanol–water partition coefficient (Wildman–Crippen LogP) is 2.87. The summed E-state index contributed by atoms with van der Waals surface area (Å²) in [6.07, 6.45) is 8.64. The molecule has 0 atom stereocenters. The number of aryl methyl sites for hydroxylation is 1. The first-order valence-electron chi connectivity index (χ1n) is 12.3. The van der Waals surface area contributed by atoms with Gasteiger partial charge in [0.05, 0.1) is 17.7 Å². The standard InChI is InChI=1S/C26H31N5O4/c1-15-2-9-21(35-13-16-3-4-16)19(10-15)23-25-24(29-14-28-23)20(11-27-25)26(34)31-18-7-5-17(6-8-18)30-22(33)12-32/h2,9-11,14,16-18,27,32H,3-8,12-13H2,1H3,(H,30,33)(H,31,34). The number of nitrogens with zero attached hydrogens (tertiary/aromatic N) is 2. The molecule has 0 spiro atoms. The van der Waals surface area contributed by atoms with Crippen LogP contribution < -0.4 is 15.4 Å². The number of aromatic nitrogens is 3. The Morgan fingerprint density at radius 2 is 1.83 bits per heavy atom. The summed E-state index contributed by atoms with van der Waals surface area (Å²) in [6.45, 7) is 2.23. The molecule has 0 saturated heterocycles. The van der Waals surface area contributed by atoms with Gasteiger partial charge in [-0.1, -0.05) is 11.6 Å². The van der Waals surface area contributed by atoms with Gasteiger partial charge in [-0.05, 0) is 63.5 Å². The second kappa shape index (κ2) is 10.0. The van der Waals surface area contributed by atoms with E-state index in [9.17, 15) is 9.59 Å². The quantitative estimate of drug-likeness (QED) is 0.395. The molecule has 3 aromatic rings. The van der Waals surface area contributed by atoms with Gasteiger partial charge in [-0.3, -0.25) is 9.59 Å². The Balaban J connectivity index is 1.33. The number of H-pyrrole nitrogens is 1. The Morgan fingerprint density at radius 1 is 1.09 bits per heavy atom. The van der Waals surface area contributed by atoms with Crippen molar-refractivity contribution >= 4 is 22.8 Å². The first-order chi connectivity index (χ1) is 17.0. The molecule has 0 aliphatic heterocycles. The van der Waals surface area contributed by atoms with Crippen molar-refractivity contribution < 1.29 is 19.4 Å². The van der Waals surface area contributed by atoms with E-state index in [1.165, 1.54) is 19.2 Å². The second-order valence-electron chi connectivity index (χ2n) is 9.65. The average molecular weight is 478 g/mol. The third-order valence-electron chi connectivity index (χ3n) is 6.84. The normalized spacial score (nSPS) is 19.9. The van der Waals surface area contributed by atoms with Gasteiger partial charge >= 0.3 is 0 Å². The molecule has 1 aromatic carbocycles. The zero-order valence-electron chi connectivity index (χ0n) is 19.8. The van der Waals surface area contributed by atoms with E-state index in [-0.39, 0.29) is 23.9 Å². The van der Waals surface area contributed by atoms with Crippen LogP contribution in [0.5, 0.6) is 5.75 Å². The molecule has 184 valence electrons.